The van der Waals surface area contributed by atoms with Crippen LogP contribution in [-0.4, -0.2) is 31.3 Å². The van der Waals surface area contributed by atoms with Crippen LogP contribution < -0.4 is 10.5 Å². The number of aromatic nitrogens is 1. The van der Waals surface area contributed by atoms with Crippen LogP contribution in [-0.2, 0) is 11.2 Å². The molecule has 0 saturated heterocycles. The van der Waals surface area contributed by atoms with Gasteiger partial charge in [-0.2, -0.15) is 0 Å². The Morgan fingerprint density at radius 3 is 2.80 bits per heavy atom. The third-order valence-electron chi connectivity index (χ3n) is 2.09. The fourth-order valence-electron chi connectivity index (χ4n) is 1.07. The van der Waals surface area contributed by atoms with E-state index in [2.05, 4.69) is 4.98 Å². The van der Waals surface area contributed by atoms with Gasteiger partial charge < -0.3 is 15.2 Å². The molecule has 4 nitrogen and oxygen atoms in total. The lowest BCUT2D eigenvalue weighted by Gasteiger charge is -2.11. The topological polar surface area (TPSA) is 57.4 Å². The van der Waals surface area contributed by atoms with E-state index in [-0.39, 0.29) is 6.10 Å². The zero-order valence-corrected chi connectivity index (χ0v) is 9.27. The first kappa shape index (κ1) is 11.9. The fraction of sp³-hybridized carbons (Fsp3) is 0.545. The van der Waals surface area contributed by atoms with Crippen molar-refractivity contribution in [2.24, 2.45) is 5.73 Å². The molecular weight excluding hydrogens is 192 g/mol. The number of methoxy groups -OCH3 is 1. The second-order valence-corrected chi connectivity index (χ2v) is 3.38. The van der Waals surface area contributed by atoms with Crippen LogP contribution in [0.5, 0.6) is 5.75 Å². The first-order valence-electron chi connectivity index (χ1n) is 5.07. The number of hydrogen-bond acceptors (Lipinski definition) is 4. The van der Waals surface area contributed by atoms with Gasteiger partial charge in [-0.25, -0.2) is 0 Å². The summed E-state index contributed by atoms with van der Waals surface area (Å²) in [5, 5.41) is 0. The molecular formula is C11H18N2O2. The maximum Gasteiger partial charge on any atom is 0.137 e. The molecule has 1 aromatic rings. The minimum Gasteiger partial charge on any atom is -0.489 e. The third kappa shape index (κ3) is 4.27. The highest BCUT2D eigenvalue weighted by atomic mass is 16.5. The van der Waals surface area contributed by atoms with E-state index in [1.165, 1.54) is 0 Å². The number of nitrogens with zero attached hydrogens (tertiary/aromatic N) is 1. The SMILES string of the molecule is COC(C)COc1ccc(CCN)nc1. The molecule has 0 radical (unpaired) electrons. The van der Waals surface area contributed by atoms with Gasteiger partial charge in [0.15, 0.2) is 0 Å². The van der Waals surface area contributed by atoms with Gasteiger partial charge in [-0.05, 0) is 25.6 Å². The summed E-state index contributed by atoms with van der Waals surface area (Å²) in [5.74, 6) is 0.764. The minimum absolute atomic E-state index is 0.0914. The molecule has 0 bridgehead atoms. The van der Waals surface area contributed by atoms with Crippen molar-refractivity contribution >= 4 is 0 Å². The number of pyridine rings is 1. The number of ether oxygens (including phenoxy) is 2. The zero-order valence-electron chi connectivity index (χ0n) is 9.27. The quantitative estimate of drug-likeness (QED) is 0.761. The Hall–Kier alpha value is -1.13. The summed E-state index contributed by atoms with van der Waals surface area (Å²) in [6, 6.07) is 3.83. The summed E-state index contributed by atoms with van der Waals surface area (Å²) in [7, 11) is 1.66. The van der Waals surface area contributed by atoms with E-state index in [1.807, 2.05) is 19.1 Å². The average molecular weight is 210 g/mol. The number of hydrogen-bond donors (Lipinski definition) is 1. The fourth-order valence-corrected chi connectivity index (χ4v) is 1.07. The van der Waals surface area contributed by atoms with E-state index in [9.17, 15) is 0 Å². The van der Waals surface area contributed by atoms with Gasteiger partial charge in [-0.3, -0.25) is 4.98 Å². The van der Waals surface area contributed by atoms with E-state index in [4.69, 9.17) is 15.2 Å². The van der Waals surface area contributed by atoms with E-state index in [0.717, 1.165) is 17.9 Å². The monoisotopic (exact) mass is 210 g/mol. The third-order valence-corrected chi connectivity index (χ3v) is 2.09. The summed E-state index contributed by atoms with van der Waals surface area (Å²) >= 11 is 0. The number of rotatable bonds is 6. The molecule has 1 rings (SSSR count). The molecule has 2 N–H and O–H groups in total. The molecule has 1 aromatic heterocycles. The Morgan fingerprint density at radius 1 is 1.47 bits per heavy atom. The average Bonchev–Trinajstić information content (AvgIpc) is 2.28. The van der Waals surface area contributed by atoms with Gasteiger partial charge >= 0.3 is 0 Å². The van der Waals surface area contributed by atoms with Crippen LogP contribution in [0.25, 0.3) is 0 Å². The first-order valence-corrected chi connectivity index (χ1v) is 5.07. The maximum absolute atomic E-state index is 5.47. The Kier molecular flexibility index (Phi) is 5.07. The lowest BCUT2D eigenvalue weighted by molar-refractivity contribution is 0.0715. The first-order chi connectivity index (χ1) is 7.26. The van der Waals surface area contributed by atoms with Gasteiger partial charge in [0, 0.05) is 19.2 Å². The molecule has 0 fully saturated rings. The molecule has 0 aliphatic heterocycles. The van der Waals surface area contributed by atoms with Crippen molar-refractivity contribution in [3.05, 3.63) is 24.0 Å². The molecule has 0 saturated carbocycles. The van der Waals surface area contributed by atoms with Gasteiger partial charge in [0.05, 0.1) is 12.3 Å². The van der Waals surface area contributed by atoms with Crippen LogP contribution in [0.3, 0.4) is 0 Å². The van der Waals surface area contributed by atoms with Crippen molar-refractivity contribution in [3.8, 4) is 5.75 Å². The predicted octanol–water partition coefficient (Wildman–Crippen LogP) is 0.996. The highest BCUT2D eigenvalue weighted by molar-refractivity contribution is 5.20. The van der Waals surface area contributed by atoms with Crippen molar-refractivity contribution < 1.29 is 9.47 Å². The summed E-state index contributed by atoms with van der Waals surface area (Å²) in [4.78, 5) is 4.23. The molecule has 0 aromatic carbocycles. The standard InChI is InChI=1S/C11H18N2O2/c1-9(14-2)8-15-11-4-3-10(5-6-12)13-7-11/h3-4,7,9H,5-6,8,12H2,1-2H3. The van der Waals surface area contributed by atoms with Crippen molar-refractivity contribution in [3.63, 3.8) is 0 Å². The Balaban J connectivity index is 2.42. The van der Waals surface area contributed by atoms with Crippen LogP contribution in [0.15, 0.2) is 18.3 Å². The van der Waals surface area contributed by atoms with E-state index in [0.29, 0.717) is 13.2 Å². The molecule has 0 spiro atoms. The second kappa shape index (κ2) is 6.37. The van der Waals surface area contributed by atoms with Gasteiger partial charge in [-0.1, -0.05) is 0 Å². The second-order valence-electron chi connectivity index (χ2n) is 3.38. The summed E-state index contributed by atoms with van der Waals surface area (Å²) in [6.07, 6.45) is 2.61. The molecule has 4 heteroatoms. The highest BCUT2D eigenvalue weighted by Crippen LogP contribution is 2.09. The van der Waals surface area contributed by atoms with Crippen LogP contribution in [0.2, 0.25) is 0 Å². The molecule has 0 aliphatic rings. The lowest BCUT2D eigenvalue weighted by Crippen LogP contribution is -2.16. The molecule has 0 amide bonds. The Morgan fingerprint density at radius 2 is 2.27 bits per heavy atom. The van der Waals surface area contributed by atoms with E-state index in [1.54, 1.807) is 13.3 Å². The minimum atomic E-state index is 0.0914. The Bertz CT molecular complexity index is 274. The summed E-state index contributed by atoms with van der Waals surface area (Å²) < 4.78 is 10.5. The molecule has 15 heavy (non-hydrogen) atoms. The zero-order chi connectivity index (χ0) is 11.1. The van der Waals surface area contributed by atoms with E-state index < -0.39 is 0 Å². The van der Waals surface area contributed by atoms with Crippen molar-refractivity contribution in [2.45, 2.75) is 19.4 Å². The van der Waals surface area contributed by atoms with Crippen LogP contribution in [0.4, 0.5) is 0 Å². The summed E-state index contributed by atoms with van der Waals surface area (Å²) in [6.45, 7) is 3.11. The summed E-state index contributed by atoms with van der Waals surface area (Å²) in [5.41, 5.74) is 6.42. The number of nitrogens with two attached hydrogens (primary N) is 1. The Labute approximate surface area is 90.4 Å². The molecule has 1 atom stereocenters. The maximum atomic E-state index is 5.47. The van der Waals surface area contributed by atoms with Crippen LogP contribution >= 0.6 is 0 Å². The normalized spacial score (nSPS) is 12.5. The molecule has 84 valence electrons. The largest absolute Gasteiger partial charge is 0.489 e. The van der Waals surface area contributed by atoms with Crippen LogP contribution in [0, 0.1) is 0 Å². The van der Waals surface area contributed by atoms with Gasteiger partial charge in [0.1, 0.15) is 12.4 Å². The highest BCUT2D eigenvalue weighted by Gasteiger charge is 2.01. The predicted molar refractivity (Wildman–Crippen MR) is 59.0 cm³/mol. The van der Waals surface area contributed by atoms with Gasteiger partial charge in [0.2, 0.25) is 0 Å². The molecule has 1 heterocycles. The smallest absolute Gasteiger partial charge is 0.137 e. The van der Waals surface area contributed by atoms with E-state index >= 15 is 0 Å². The lowest BCUT2D eigenvalue weighted by atomic mass is 10.3. The molecule has 0 aliphatic carbocycles. The van der Waals surface area contributed by atoms with Crippen molar-refractivity contribution in [1.82, 2.24) is 4.98 Å². The van der Waals surface area contributed by atoms with Crippen molar-refractivity contribution in [1.29, 1.82) is 0 Å². The van der Waals surface area contributed by atoms with Crippen LogP contribution in [0.1, 0.15) is 12.6 Å². The van der Waals surface area contributed by atoms with Crippen molar-refractivity contribution in [2.75, 3.05) is 20.3 Å². The molecule has 1 unspecified atom stereocenters. The van der Waals surface area contributed by atoms with Gasteiger partial charge in [0.25, 0.3) is 0 Å². The van der Waals surface area contributed by atoms with Gasteiger partial charge in [-0.15, -0.1) is 0 Å².